The van der Waals surface area contributed by atoms with Crippen LogP contribution in [0.3, 0.4) is 0 Å². The molecule has 6 heteroatoms. The molecule has 1 aliphatic heterocycles. The molecule has 0 aromatic heterocycles. The van der Waals surface area contributed by atoms with Crippen molar-refractivity contribution in [3.05, 3.63) is 0 Å². The van der Waals surface area contributed by atoms with Crippen molar-refractivity contribution in [2.24, 2.45) is 11.8 Å². The lowest BCUT2D eigenvalue weighted by molar-refractivity contribution is -0.138. The normalized spacial score (nSPS) is 21.0. The van der Waals surface area contributed by atoms with Gasteiger partial charge in [-0.15, -0.1) is 0 Å². The van der Waals surface area contributed by atoms with Crippen LogP contribution in [0.5, 0.6) is 0 Å². The third-order valence-electron chi connectivity index (χ3n) is 3.70. The van der Waals surface area contributed by atoms with Crippen LogP contribution in [0.25, 0.3) is 0 Å². The molecule has 3 N–H and O–H groups in total. The molecule has 2 unspecified atom stereocenters. The van der Waals surface area contributed by atoms with Crippen LogP contribution in [0.15, 0.2) is 0 Å². The molecule has 6 nitrogen and oxygen atoms in total. The van der Waals surface area contributed by atoms with Crippen LogP contribution in [0, 0.1) is 11.8 Å². The molecule has 0 aliphatic carbocycles. The molecular weight excluding hydrogens is 272 g/mol. The highest BCUT2D eigenvalue weighted by molar-refractivity contribution is 5.74. The summed E-state index contributed by atoms with van der Waals surface area (Å²) in [7, 11) is 0. The zero-order valence-corrected chi connectivity index (χ0v) is 13.2. The Labute approximate surface area is 126 Å². The number of hydrogen-bond acceptors (Lipinski definition) is 3. The number of urea groups is 1. The summed E-state index contributed by atoms with van der Waals surface area (Å²) in [4.78, 5) is 22.7. The number of hydrogen-bond donors (Lipinski definition) is 3. The monoisotopic (exact) mass is 300 g/mol. The van der Waals surface area contributed by atoms with Crippen molar-refractivity contribution in [2.75, 3.05) is 13.2 Å². The smallest absolute Gasteiger partial charge is 0.315 e. The Morgan fingerprint density at radius 3 is 2.57 bits per heavy atom. The van der Waals surface area contributed by atoms with Gasteiger partial charge in [0.15, 0.2) is 0 Å². The second kappa shape index (κ2) is 8.87. The number of carboxylic acid groups (broad SMARTS) is 1. The van der Waals surface area contributed by atoms with Gasteiger partial charge >= 0.3 is 12.0 Å². The first-order valence-electron chi connectivity index (χ1n) is 7.76. The summed E-state index contributed by atoms with van der Waals surface area (Å²) in [5, 5.41) is 14.5. The Kier molecular flexibility index (Phi) is 7.50. The summed E-state index contributed by atoms with van der Waals surface area (Å²) in [6.07, 6.45) is 2.96. The van der Waals surface area contributed by atoms with E-state index in [1.54, 1.807) is 0 Å². The minimum absolute atomic E-state index is 0.0319. The maximum atomic E-state index is 11.9. The largest absolute Gasteiger partial charge is 0.481 e. The highest BCUT2D eigenvalue weighted by Crippen LogP contribution is 2.16. The number of carboxylic acids is 1. The zero-order valence-electron chi connectivity index (χ0n) is 13.2. The van der Waals surface area contributed by atoms with Crippen LogP contribution in [0.2, 0.25) is 0 Å². The Balaban J connectivity index is 2.32. The van der Waals surface area contributed by atoms with Gasteiger partial charge in [-0.3, -0.25) is 4.79 Å². The van der Waals surface area contributed by atoms with E-state index in [2.05, 4.69) is 24.5 Å². The Bertz CT molecular complexity index is 341. The minimum atomic E-state index is -0.824. The van der Waals surface area contributed by atoms with Gasteiger partial charge in [0.25, 0.3) is 0 Å². The minimum Gasteiger partial charge on any atom is -0.481 e. The van der Waals surface area contributed by atoms with E-state index >= 15 is 0 Å². The molecule has 1 aliphatic rings. The van der Waals surface area contributed by atoms with Crippen LogP contribution in [0.1, 0.15) is 46.5 Å². The highest BCUT2D eigenvalue weighted by Gasteiger charge is 2.24. The maximum absolute atomic E-state index is 11.9. The number of nitrogens with one attached hydrogen (secondary N) is 2. The van der Waals surface area contributed by atoms with E-state index in [4.69, 9.17) is 9.84 Å². The quantitative estimate of drug-likeness (QED) is 0.639. The van der Waals surface area contributed by atoms with Crippen LogP contribution < -0.4 is 10.6 Å². The van der Waals surface area contributed by atoms with E-state index in [1.807, 2.05) is 6.92 Å². The third kappa shape index (κ3) is 7.32. The average molecular weight is 300 g/mol. The van der Waals surface area contributed by atoms with Crippen LogP contribution in [-0.4, -0.2) is 42.4 Å². The molecule has 21 heavy (non-hydrogen) atoms. The predicted molar refractivity (Wildman–Crippen MR) is 80.2 cm³/mol. The van der Waals surface area contributed by atoms with E-state index in [0.717, 1.165) is 25.9 Å². The molecular formula is C15H28N2O4. The number of carbonyl (C=O) groups is 2. The number of amides is 2. The Hall–Kier alpha value is -1.30. The van der Waals surface area contributed by atoms with E-state index in [0.29, 0.717) is 12.5 Å². The standard InChI is InChI=1S/C15H28N2O4/c1-10(2)7-12(8-14(18)19)9-16-15(20)17-11(3)13-5-4-6-21-13/h10-13H,4-9H2,1-3H3,(H,18,19)(H2,16,17,20)/t11?,12-,13?/m0/s1. The van der Waals surface area contributed by atoms with Gasteiger partial charge in [-0.2, -0.15) is 0 Å². The summed E-state index contributed by atoms with van der Waals surface area (Å²) in [5.74, 6) is -0.452. The second-order valence-electron chi connectivity index (χ2n) is 6.29. The fraction of sp³-hybridized carbons (Fsp3) is 0.867. The van der Waals surface area contributed by atoms with Gasteiger partial charge in [-0.05, 0) is 38.0 Å². The molecule has 1 rings (SSSR count). The van der Waals surface area contributed by atoms with Crippen molar-refractivity contribution in [3.63, 3.8) is 0 Å². The van der Waals surface area contributed by atoms with Crippen molar-refractivity contribution < 1.29 is 19.4 Å². The molecule has 3 atom stereocenters. The maximum Gasteiger partial charge on any atom is 0.315 e. The molecule has 2 amide bonds. The molecule has 1 fully saturated rings. The van der Waals surface area contributed by atoms with E-state index in [-0.39, 0.29) is 30.5 Å². The lowest BCUT2D eigenvalue weighted by Gasteiger charge is -2.22. The molecule has 1 saturated heterocycles. The lowest BCUT2D eigenvalue weighted by atomic mass is 9.94. The third-order valence-corrected chi connectivity index (χ3v) is 3.70. The molecule has 1 heterocycles. The number of ether oxygens (including phenoxy) is 1. The lowest BCUT2D eigenvalue weighted by Crippen LogP contribution is -2.47. The Morgan fingerprint density at radius 1 is 1.33 bits per heavy atom. The highest BCUT2D eigenvalue weighted by atomic mass is 16.5. The summed E-state index contributed by atoms with van der Waals surface area (Å²) >= 11 is 0. The van der Waals surface area contributed by atoms with Gasteiger partial charge in [-0.25, -0.2) is 4.79 Å². The predicted octanol–water partition coefficient (Wildman–Crippen LogP) is 1.99. The fourth-order valence-electron chi connectivity index (χ4n) is 2.74. The SMILES string of the molecule is CC(C)C[C@H](CNC(=O)NC(C)C1CCCO1)CC(=O)O. The van der Waals surface area contributed by atoms with E-state index < -0.39 is 5.97 Å². The van der Waals surface area contributed by atoms with Gasteiger partial charge in [0, 0.05) is 19.6 Å². The summed E-state index contributed by atoms with van der Waals surface area (Å²) in [6.45, 7) is 7.17. The summed E-state index contributed by atoms with van der Waals surface area (Å²) in [5.41, 5.74) is 0. The Morgan fingerprint density at radius 2 is 2.05 bits per heavy atom. The number of rotatable bonds is 8. The molecule has 0 saturated carbocycles. The average Bonchev–Trinajstić information content (AvgIpc) is 2.88. The van der Waals surface area contributed by atoms with Gasteiger partial charge < -0.3 is 20.5 Å². The second-order valence-corrected chi connectivity index (χ2v) is 6.29. The van der Waals surface area contributed by atoms with Crippen LogP contribution in [-0.2, 0) is 9.53 Å². The summed E-state index contributed by atoms with van der Waals surface area (Å²) < 4.78 is 5.53. The van der Waals surface area contributed by atoms with Crippen LogP contribution in [0.4, 0.5) is 4.79 Å². The van der Waals surface area contributed by atoms with Gasteiger partial charge in [0.1, 0.15) is 0 Å². The van der Waals surface area contributed by atoms with Crippen molar-refractivity contribution in [1.29, 1.82) is 0 Å². The number of carbonyl (C=O) groups excluding carboxylic acids is 1. The van der Waals surface area contributed by atoms with E-state index in [1.165, 1.54) is 0 Å². The van der Waals surface area contributed by atoms with E-state index in [9.17, 15) is 9.59 Å². The van der Waals surface area contributed by atoms with Gasteiger partial charge in [-0.1, -0.05) is 13.8 Å². The summed E-state index contributed by atoms with van der Waals surface area (Å²) in [6, 6.07) is -0.285. The topological polar surface area (TPSA) is 87.7 Å². The number of aliphatic carboxylic acids is 1. The first kappa shape index (κ1) is 17.8. The van der Waals surface area contributed by atoms with Crippen molar-refractivity contribution >= 4 is 12.0 Å². The fourth-order valence-corrected chi connectivity index (χ4v) is 2.74. The van der Waals surface area contributed by atoms with Crippen molar-refractivity contribution in [2.45, 2.75) is 58.6 Å². The first-order chi connectivity index (χ1) is 9.88. The van der Waals surface area contributed by atoms with Crippen molar-refractivity contribution in [1.82, 2.24) is 10.6 Å². The molecule has 0 radical (unpaired) electrons. The molecule has 0 spiro atoms. The van der Waals surface area contributed by atoms with Gasteiger partial charge in [0.2, 0.25) is 0 Å². The van der Waals surface area contributed by atoms with Crippen LogP contribution >= 0.6 is 0 Å². The molecule has 122 valence electrons. The first-order valence-corrected chi connectivity index (χ1v) is 7.76. The van der Waals surface area contributed by atoms with Gasteiger partial charge in [0.05, 0.1) is 12.1 Å². The molecule has 0 aromatic rings. The zero-order chi connectivity index (χ0) is 15.8. The van der Waals surface area contributed by atoms with Crippen molar-refractivity contribution in [3.8, 4) is 0 Å². The molecule has 0 bridgehead atoms. The molecule has 0 aromatic carbocycles.